The Labute approximate surface area is 122 Å². The molecule has 0 aliphatic heterocycles. The Morgan fingerprint density at radius 3 is 2.81 bits per heavy atom. The molecule has 1 aromatic rings. The third-order valence-electron chi connectivity index (χ3n) is 2.92. The molecule has 0 unspecified atom stereocenters. The number of carbonyl (C=O) groups excluding carboxylic acids is 1. The Hall–Kier alpha value is -2.89. The van der Waals surface area contributed by atoms with E-state index in [0.717, 1.165) is 5.69 Å². The lowest BCUT2D eigenvalue weighted by atomic mass is 10.0. The topological polar surface area (TPSA) is 101 Å². The van der Waals surface area contributed by atoms with Gasteiger partial charge >= 0.3 is 0 Å². The zero-order valence-corrected chi connectivity index (χ0v) is 11.8. The van der Waals surface area contributed by atoms with Gasteiger partial charge < -0.3 is 21.2 Å². The highest BCUT2D eigenvalue weighted by molar-refractivity contribution is 6.10. The van der Waals surface area contributed by atoms with E-state index in [0.29, 0.717) is 22.7 Å². The molecule has 1 aliphatic carbocycles. The van der Waals surface area contributed by atoms with Gasteiger partial charge in [-0.15, -0.1) is 0 Å². The smallest absolute Gasteiger partial charge is 0.274 e. The molecule has 6 nitrogen and oxygen atoms in total. The molecule has 1 aliphatic rings. The summed E-state index contributed by atoms with van der Waals surface area (Å²) in [5, 5.41) is 10.5. The first-order valence-electron chi connectivity index (χ1n) is 6.28. The number of nitrogens with two attached hydrogens (primary N) is 1. The van der Waals surface area contributed by atoms with E-state index in [9.17, 15) is 4.79 Å². The number of hydrogen-bond acceptors (Lipinski definition) is 5. The lowest BCUT2D eigenvalue weighted by molar-refractivity contribution is 0.0957. The van der Waals surface area contributed by atoms with Gasteiger partial charge in [-0.25, -0.2) is 4.98 Å². The van der Waals surface area contributed by atoms with Gasteiger partial charge in [0.15, 0.2) is 0 Å². The van der Waals surface area contributed by atoms with E-state index in [1.807, 2.05) is 13.0 Å². The maximum absolute atomic E-state index is 12.2. The molecular formula is C15H16N4O2. The van der Waals surface area contributed by atoms with Crippen molar-refractivity contribution in [1.29, 1.82) is 5.41 Å². The van der Waals surface area contributed by atoms with Crippen LogP contribution < -0.4 is 11.1 Å². The molecule has 1 heterocycles. The van der Waals surface area contributed by atoms with E-state index < -0.39 is 0 Å². The number of pyridine rings is 1. The normalized spacial score (nSPS) is 16.3. The molecule has 21 heavy (non-hydrogen) atoms. The third kappa shape index (κ3) is 3.17. The van der Waals surface area contributed by atoms with Crippen molar-refractivity contribution >= 4 is 11.6 Å². The van der Waals surface area contributed by atoms with Crippen molar-refractivity contribution < 1.29 is 9.53 Å². The Bertz CT molecular complexity index is 687. The first-order chi connectivity index (χ1) is 10.0. The van der Waals surface area contributed by atoms with Crippen LogP contribution in [-0.2, 0) is 4.74 Å². The van der Waals surface area contributed by atoms with E-state index in [1.165, 1.54) is 19.4 Å². The molecule has 4 N–H and O–H groups in total. The number of allylic oxidation sites excluding steroid dienone is 3. The highest BCUT2D eigenvalue weighted by Gasteiger charge is 2.18. The molecule has 2 rings (SSSR count). The van der Waals surface area contributed by atoms with E-state index in [1.54, 1.807) is 18.2 Å². The summed E-state index contributed by atoms with van der Waals surface area (Å²) in [7, 11) is 1.47. The van der Waals surface area contributed by atoms with Crippen molar-refractivity contribution in [2.45, 2.75) is 6.92 Å². The second-order valence-corrected chi connectivity index (χ2v) is 4.42. The minimum absolute atomic E-state index is 0.223. The highest BCUT2D eigenvalue weighted by Crippen LogP contribution is 2.19. The number of nitrogens with one attached hydrogen (secondary N) is 2. The number of nitrogens with zero attached hydrogens (tertiary/aromatic N) is 1. The number of aromatic nitrogens is 1. The Morgan fingerprint density at radius 1 is 1.43 bits per heavy atom. The lowest BCUT2D eigenvalue weighted by Crippen LogP contribution is -2.27. The molecule has 0 spiro atoms. The predicted molar refractivity (Wildman–Crippen MR) is 79.6 cm³/mol. The first kappa shape index (κ1) is 14.5. The minimum Gasteiger partial charge on any atom is -0.494 e. The van der Waals surface area contributed by atoms with Gasteiger partial charge in [-0.2, -0.15) is 0 Å². The van der Waals surface area contributed by atoms with Gasteiger partial charge in [0.2, 0.25) is 0 Å². The number of methoxy groups -OCH3 is 1. The molecule has 0 saturated heterocycles. The monoisotopic (exact) mass is 284 g/mol. The second-order valence-electron chi connectivity index (χ2n) is 4.42. The SMILES string of the molecule is COC1=CC(=N)/C(=C\N)C=C1NC(=O)c1cccc(C)n1. The van der Waals surface area contributed by atoms with Crippen LogP contribution in [0.1, 0.15) is 16.2 Å². The molecule has 0 saturated carbocycles. The van der Waals surface area contributed by atoms with Gasteiger partial charge in [-0.1, -0.05) is 6.07 Å². The maximum atomic E-state index is 12.2. The minimum atomic E-state index is -0.349. The summed E-state index contributed by atoms with van der Waals surface area (Å²) >= 11 is 0. The first-order valence-corrected chi connectivity index (χ1v) is 6.28. The second kappa shape index (κ2) is 6.04. The van der Waals surface area contributed by atoms with Crippen LogP contribution in [0, 0.1) is 12.3 Å². The average molecular weight is 284 g/mol. The van der Waals surface area contributed by atoms with Crippen molar-refractivity contribution in [1.82, 2.24) is 10.3 Å². The molecule has 0 radical (unpaired) electrons. The largest absolute Gasteiger partial charge is 0.494 e. The molecular weight excluding hydrogens is 268 g/mol. The van der Waals surface area contributed by atoms with Crippen molar-refractivity contribution in [3.05, 3.63) is 65.0 Å². The van der Waals surface area contributed by atoms with E-state index in [4.69, 9.17) is 15.9 Å². The lowest BCUT2D eigenvalue weighted by Gasteiger charge is -2.17. The summed E-state index contributed by atoms with van der Waals surface area (Å²) in [6.07, 6.45) is 4.40. The van der Waals surface area contributed by atoms with Crippen molar-refractivity contribution in [3.63, 3.8) is 0 Å². The number of amides is 1. The third-order valence-corrected chi connectivity index (χ3v) is 2.92. The summed E-state index contributed by atoms with van der Waals surface area (Å²) in [5.41, 5.74) is 7.70. The molecule has 0 bridgehead atoms. The van der Waals surface area contributed by atoms with Crippen molar-refractivity contribution in [2.24, 2.45) is 5.73 Å². The molecule has 6 heteroatoms. The van der Waals surface area contributed by atoms with Crippen LogP contribution in [-0.4, -0.2) is 23.7 Å². The summed E-state index contributed by atoms with van der Waals surface area (Å²) in [6, 6.07) is 5.21. The van der Waals surface area contributed by atoms with Gasteiger partial charge in [-0.3, -0.25) is 4.79 Å². The van der Waals surface area contributed by atoms with Crippen molar-refractivity contribution in [2.75, 3.05) is 7.11 Å². The van der Waals surface area contributed by atoms with E-state index >= 15 is 0 Å². The zero-order valence-electron chi connectivity index (χ0n) is 11.8. The predicted octanol–water partition coefficient (Wildman–Crippen LogP) is 1.41. The fourth-order valence-electron chi connectivity index (χ4n) is 1.86. The van der Waals surface area contributed by atoms with Gasteiger partial charge in [0.05, 0.1) is 18.5 Å². The van der Waals surface area contributed by atoms with Crippen LogP contribution in [0.2, 0.25) is 0 Å². The number of ether oxygens (including phenoxy) is 1. The zero-order chi connectivity index (χ0) is 15.4. The fourth-order valence-corrected chi connectivity index (χ4v) is 1.86. The van der Waals surface area contributed by atoms with Crippen LogP contribution in [0.15, 0.2) is 53.6 Å². The molecule has 0 aromatic carbocycles. The fraction of sp³-hybridized carbons (Fsp3) is 0.133. The Kier molecular flexibility index (Phi) is 4.18. The molecule has 0 fully saturated rings. The van der Waals surface area contributed by atoms with Gasteiger partial charge in [0, 0.05) is 23.5 Å². The number of aryl methyl sites for hydroxylation is 1. The quantitative estimate of drug-likeness (QED) is 0.781. The molecule has 0 atom stereocenters. The Morgan fingerprint density at radius 2 is 2.19 bits per heavy atom. The van der Waals surface area contributed by atoms with Crippen LogP contribution in [0.25, 0.3) is 0 Å². The number of rotatable bonds is 3. The standard InChI is InChI=1S/C15H16N4O2/c1-9-4-3-5-12(18-9)15(20)19-13-6-10(8-16)11(17)7-14(13)21-2/h3-8,17H,16H2,1-2H3,(H,19,20)/b10-8-,17-11?. The van der Waals surface area contributed by atoms with E-state index in [-0.39, 0.29) is 11.6 Å². The summed E-state index contributed by atoms with van der Waals surface area (Å²) in [6.45, 7) is 1.81. The molecule has 108 valence electrons. The van der Waals surface area contributed by atoms with Crippen LogP contribution in [0.5, 0.6) is 0 Å². The van der Waals surface area contributed by atoms with Crippen LogP contribution in [0.4, 0.5) is 0 Å². The summed E-state index contributed by atoms with van der Waals surface area (Å²) in [4.78, 5) is 16.4. The van der Waals surface area contributed by atoms with Gasteiger partial charge in [0.1, 0.15) is 11.5 Å². The highest BCUT2D eigenvalue weighted by atomic mass is 16.5. The number of carbonyl (C=O) groups is 1. The van der Waals surface area contributed by atoms with Crippen molar-refractivity contribution in [3.8, 4) is 0 Å². The van der Waals surface area contributed by atoms with Crippen LogP contribution in [0.3, 0.4) is 0 Å². The molecule has 1 amide bonds. The maximum Gasteiger partial charge on any atom is 0.274 e. The summed E-state index contributed by atoms with van der Waals surface area (Å²) in [5.74, 6) is 0.0457. The van der Waals surface area contributed by atoms with Crippen LogP contribution >= 0.6 is 0 Å². The Balaban J connectivity index is 2.27. The number of hydrogen-bond donors (Lipinski definition) is 3. The van der Waals surface area contributed by atoms with E-state index in [2.05, 4.69) is 10.3 Å². The van der Waals surface area contributed by atoms with Gasteiger partial charge in [-0.05, 0) is 25.1 Å². The van der Waals surface area contributed by atoms with Gasteiger partial charge in [0.25, 0.3) is 5.91 Å². The molecule has 1 aromatic heterocycles. The summed E-state index contributed by atoms with van der Waals surface area (Å²) < 4.78 is 5.18. The average Bonchev–Trinajstić information content (AvgIpc) is 2.48.